The minimum Gasteiger partial charge on any atom is -0.723 e. The van der Waals surface area contributed by atoms with Crippen LogP contribution in [0.15, 0.2) is 0 Å². The first-order valence-corrected chi connectivity index (χ1v) is 2.07. The van der Waals surface area contributed by atoms with E-state index in [0.717, 1.165) is 0 Å². The molecule has 0 aliphatic carbocycles. The van der Waals surface area contributed by atoms with E-state index in [-0.39, 0.29) is 0 Å². The van der Waals surface area contributed by atoms with Gasteiger partial charge in [0.2, 0.25) is 0 Å². The van der Waals surface area contributed by atoms with Gasteiger partial charge in [-0.3, -0.25) is 0 Å². The monoisotopic (exact) mass is 127 g/mol. The molecular formula is C2H3Cl2NO. The van der Waals surface area contributed by atoms with Gasteiger partial charge in [-0.05, 0) is 0 Å². The van der Waals surface area contributed by atoms with Crippen LogP contribution in [0.25, 0.3) is 5.41 Å². The van der Waals surface area contributed by atoms with Crippen molar-refractivity contribution in [2.24, 2.45) is 0 Å². The lowest BCUT2D eigenvalue weighted by molar-refractivity contribution is 0.555. The third kappa shape index (κ3) is 2.30. The minimum absolute atomic E-state index is 0.710. The zero-order valence-electron chi connectivity index (χ0n) is 2.78. The van der Waals surface area contributed by atoms with Gasteiger partial charge in [-0.1, -0.05) is 23.2 Å². The molecule has 6 heavy (non-hydrogen) atoms. The Labute approximate surface area is 45.2 Å². The van der Waals surface area contributed by atoms with Crippen LogP contribution in [-0.4, -0.2) is 15.8 Å². The van der Waals surface area contributed by atoms with Gasteiger partial charge in [0, 0.05) is 0 Å². The summed E-state index contributed by atoms with van der Waals surface area (Å²) in [5.41, 5.74) is 0. The fourth-order valence-electron chi connectivity index (χ4n) is 0. The molecule has 2 N–H and O–H groups in total. The van der Waals surface area contributed by atoms with Gasteiger partial charge < -0.3 is 10.5 Å². The summed E-state index contributed by atoms with van der Waals surface area (Å²) in [6.45, 7) is 0. The molecule has 0 aromatic carbocycles. The Kier molecular flexibility index (Phi) is 2.28. The van der Waals surface area contributed by atoms with Crippen molar-refractivity contribution in [3.05, 3.63) is 5.41 Å². The SMILES string of the molecule is [N-]=C([OH2+])C(Cl)Cl. The fraction of sp³-hybridized carbons (Fsp3) is 0.500. The molecule has 0 aliphatic heterocycles. The summed E-state index contributed by atoms with van der Waals surface area (Å²) in [5.74, 6) is -0.710. The summed E-state index contributed by atoms with van der Waals surface area (Å²) in [4.78, 5) is -1.06. The van der Waals surface area contributed by atoms with Gasteiger partial charge in [0.25, 0.3) is 0 Å². The first-order chi connectivity index (χ1) is 2.64. The number of halogens is 2. The van der Waals surface area contributed by atoms with Crippen LogP contribution in [0, 0.1) is 0 Å². The summed E-state index contributed by atoms with van der Waals surface area (Å²) in [6.07, 6.45) is 0. The second-order valence-electron chi connectivity index (χ2n) is 0.686. The van der Waals surface area contributed by atoms with Gasteiger partial charge in [0.05, 0.1) is 0 Å². The van der Waals surface area contributed by atoms with Crippen molar-refractivity contribution in [1.82, 2.24) is 0 Å². The molecule has 0 radical (unpaired) electrons. The molecule has 0 saturated heterocycles. The highest BCUT2D eigenvalue weighted by Gasteiger charge is 1.97. The van der Waals surface area contributed by atoms with E-state index < -0.39 is 10.7 Å². The second-order valence-corrected chi connectivity index (χ2v) is 1.78. The molecule has 0 fully saturated rings. The van der Waals surface area contributed by atoms with Crippen molar-refractivity contribution < 1.29 is 5.11 Å². The lowest BCUT2D eigenvalue weighted by Gasteiger charge is -1.95. The highest BCUT2D eigenvalue weighted by Crippen LogP contribution is 1.99. The van der Waals surface area contributed by atoms with Crippen molar-refractivity contribution in [1.29, 1.82) is 0 Å². The summed E-state index contributed by atoms with van der Waals surface area (Å²) >= 11 is 9.81. The Morgan fingerprint density at radius 2 is 1.83 bits per heavy atom. The van der Waals surface area contributed by atoms with Crippen LogP contribution in [0.5, 0.6) is 0 Å². The smallest absolute Gasteiger partial charge is 0.189 e. The molecule has 0 unspecified atom stereocenters. The highest BCUT2D eigenvalue weighted by molar-refractivity contribution is 6.53. The van der Waals surface area contributed by atoms with Crippen LogP contribution in [-0.2, 0) is 0 Å². The van der Waals surface area contributed by atoms with Crippen LogP contribution in [0.3, 0.4) is 0 Å². The molecule has 4 heteroatoms. The van der Waals surface area contributed by atoms with Crippen molar-refractivity contribution >= 4 is 29.1 Å². The minimum atomic E-state index is -1.06. The Morgan fingerprint density at radius 1 is 1.67 bits per heavy atom. The van der Waals surface area contributed by atoms with Gasteiger partial charge in [0.15, 0.2) is 4.84 Å². The third-order valence-corrected chi connectivity index (χ3v) is 0.620. The van der Waals surface area contributed by atoms with E-state index >= 15 is 0 Å². The quantitative estimate of drug-likeness (QED) is 0.213. The number of hydrogen-bond donors (Lipinski definition) is 0. The Balaban J connectivity index is 3.26. The number of hydrogen-bond acceptors (Lipinski definition) is 0. The van der Waals surface area contributed by atoms with E-state index in [2.05, 4.69) is 0 Å². The Bertz CT molecular complexity index is 62.6. The molecule has 0 rings (SSSR count). The summed E-state index contributed by atoms with van der Waals surface area (Å²) in [5, 5.41) is 14.2. The van der Waals surface area contributed by atoms with Gasteiger partial charge in [-0.15, -0.1) is 0 Å². The van der Waals surface area contributed by atoms with Crippen LogP contribution in [0.4, 0.5) is 0 Å². The molecule has 36 valence electrons. The standard InChI is InChI=1S/C2H2Cl2NO/c3-1(4)2(5)6/h1H,(H-,5,6)/q-1/p+1. The molecule has 0 amide bonds. The molecule has 0 aromatic rings. The highest BCUT2D eigenvalue weighted by atomic mass is 35.5. The van der Waals surface area contributed by atoms with E-state index in [1.54, 1.807) is 0 Å². The zero-order chi connectivity index (χ0) is 5.15. The van der Waals surface area contributed by atoms with E-state index in [9.17, 15) is 0 Å². The van der Waals surface area contributed by atoms with Gasteiger partial charge in [0.1, 0.15) is 5.90 Å². The van der Waals surface area contributed by atoms with Crippen LogP contribution >= 0.6 is 23.2 Å². The van der Waals surface area contributed by atoms with E-state index in [0.29, 0.717) is 0 Å². The Morgan fingerprint density at radius 3 is 1.83 bits per heavy atom. The molecule has 0 spiro atoms. The molecule has 2 nitrogen and oxygen atoms in total. The first kappa shape index (κ1) is 6.05. The van der Waals surface area contributed by atoms with Crippen molar-refractivity contribution in [3.63, 3.8) is 0 Å². The number of rotatable bonds is 1. The van der Waals surface area contributed by atoms with Crippen molar-refractivity contribution in [3.8, 4) is 0 Å². The third-order valence-electron chi connectivity index (χ3n) is 0.207. The molecular weight excluding hydrogens is 125 g/mol. The van der Waals surface area contributed by atoms with E-state index in [1.807, 2.05) is 0 Å². The average molecular weight is 128 g/mol. The lowest BCUT2D eigenvalue weighted by atomic mass is 10.8. The topological polar surface area (TPSA) is 45.2 Å². The van der Waals surface area contributed by atoms with Gasteiger partial charge in [-0.25, -0.2) is 0 Å². The van der Waals surface area contributed by atoms with Crippen LogP contribution in [0.1, 0.15) is 0 Å². The molecule has 0 aliphatic rings. The maximum atomic E-state index is 7.95. The summed E-state index contributed by atoms with van der Waals surface area (Å²) < 4.78 is 0. The van der Waals surface area contributed by atoms with Gasteiger partial charge in [-0.2, -0.15) is 0 Å². The number of alkyl halides is 2. The maximum Gasteiger partial charge on any atom is 0.189 e. The summed E-state index contributed by atoms with van der Waals surface area (Å²) in [6, 6.07) is 0. The molecule has 0 aromatic heterocycles. The van der Waals surface area contributed by atoms with Gasteiger partial charge >= 0.3 is 0 Å². The second kappa shape index (κ2) is 2.26. The van der Waals surface area contributed by atoms with E-state index in [4.69, 9.17) is 33.7 Å². The predicted octanol–water partition coefficient (Wildman–Crippen LogP) is 0.483. The Hall–Kier alpha value is 0.0500. The normalized spacial score (nSPS) is 9.17. The average Bonchev–Trinajstić information content (AvgIpc) is 1.36. The molecule has 0 saturated carbocycles. The predicted molar refractivity (Wildman–Crippen MR) is 27.5 cm³/mol. The lowest BCUT2D eigenvalue weighted by Crippen LogP contribution is -2.01. The molecule has 0 atom stereocenters. The first-order valence-electron chi connectivity index (χ1n) is 1.20. The number of nitrogens with zero attached hydrogens (tertiary/aromatic N) is 1. The molecule has 0 heterocycles. The van der Waals surface area contributed by atoms with Crippen LogP contribution in [0.2, 0.25) is 0 Å². The van der Waals surface area contributed by atoms with E-state index in [1.165, 1.54) is 0 Å². The van der Waals surface area contributed by atoms with Crippen molar-refractivity contribution in [2.45, 2.75) is 4.84 Å². The fourth-order valence-corrected chi connectivity index (χ4v) is 0. The summed E-state index contributed by atoms with van der Waals surface area (Å²) in [7, 11) is 0. The zero-order valence-corrected chi connectivity index (χ0v) is 4.29. The molecule has 0 bridgehead atoms. The van der Waals surface area contributed by atoms with Crippen molar-refractivity contribution in [2.75, 3.05) is 0 Å². The largest absolute Gasteiger partial charge is 0.723 e. The maximum absolute atomic E-state index is 7.95. The van der Waals surface area contributed by atoms with Crippen LogP contribution < -0.4 is 0 Å².